The van der Waals surface area contributed by atoms with Crippen molar-refractivity contribution < 1.29 is 14.3 Å². The molecule has 0 saturated heterocycles. The van der Waals surface area contributed by atoms with Crippen LogP contribution in [0.25, 0.3) is 6.08 Å². The van der Waals surface area contributed by atoms with Crippen LogP contribution in [0.15, 0.2) is 98.7 Å². The number of halogens is 1. The maximum atomic E-state index is 13.9. The predicted molar refractivity (Wildman–Crippen MR) is 161 cm³/mol. The summed E-state index contributed by atoms with van der Waals surface area (Å²) in [6, 6.07) is 22.3. The number of carbonyl (C=O) groups is 1. The van der Waals surface area contributed by atoms with Gasteiger partial charge in [0.2, 0.25) is 0 Å². The molecular weight excluding hydrogens is 564 g/mol. The highest BCUT2D eigenvalue weighted by Crippen LogP contribution is 2.32. The third kappa shape index (κ3) is 5.66. The lowest BCUT2D eigenvalue weighted by Crippen LogP contribution is -2.39. The number of hydrogen-bond donors (Lipinski definition) is 0. The summed E-state index contributed by atoms with van der Waals surface area (Å²) in [7, 11) is 0. The zero-order valence-corrected chi connectivity index (χ0v) is 24.6. The molecule has 0 saturated carbocycles. The van der Waals surface area contributed by atoms with E-state index < -0.39 is 12.0 Å². The second kappa shape index (κ2) is 12.3. The van der Waals surface area contributed by atoms with Gasteiger partial charge in [-0.05, 0) is 56.0 Å². The van der Waals surface area contributed by atoms with E-state index in [2.05, 4.69) is 4.99 Å². The Hall–Kier alpha value is -3.59. The van der Waals surface area contributed by atoms with Crippen LogP contribution in [-0.2, 0) is 16.1 Å². The monoisotopic (exact) mass is 590 g/mol. The minimum absolute atomic E-state index is 0.225. The Morgan fingerprint density at radius 3 is 2.55 bits per heavy atom. The Bertz CT molecular complexity index is 1770. The maximum Gasteiger partial charge on any atom is 0.338 e. The Morgan fingerprint density at radius 1 is 1.10 bits per heavy atom. The number of para-hydroxylation sites is 1. The summed E-state index contributed by atoms with van der Waals surface area (Å²) in [5.41, 5.74) is 3.09. The Labute approximate surface area is 245 Å². The highest BCUT2D eigenvalue weighted by atomic mass is 35.5. The van der Waals surface area contributed by atoms with Gasteiger partial charge in [0.1, 0.15) is 12.4 Å². The van der Waals surface area contributed by atoms with Gasteiger partial charge in [-0.1, -0.05) is 71.5 Å². The molecule has 9 heteroatoms. The van der Waals surface area contributed by atoms with E-state index in [0.29, 0.717) is 38.0 Å². The number of allylic oxidation sites excluding steroid dienone is 1. The van der Waals surface area contributed by atoms with Crippen LogP contribution >= 0.6 is 34.7 Å². The summed E-state index contributed by atoms with van der Waals surface area (Å²) >= 11 is 9.21. The first kappa shape index (κ1) is 28.0. The maximum absolute atomic E-state index is 13.9. The molecule has 0 amide bonds. The van der Waals surface area contributed by atoms with Gasteiger partial charge in [0.25, 0.3) is 5.56 Å². The van der Waals surface area contributed by atoms with E-state index in [0.717, 1.165) is 21.6 Å². The second-order valence-corrected chi connectivity index (χ2v) is 11.3. The molecule has 6 nitrogen and oxygen atoms in total. The fraction of sp³-hybridized carbons (Fsp3) is 0.194. The second-order valence-electron chi connectivity index (χ2n) is 8.99. The van der Waals surface area contributed by atoms with Crippen molar-refractivity contribution in [2.24, 2.45) is 4.99 Å². The zero-order valence-electron chi connectivity index (χ0n) is 22.2. The first-order valence-electron chi connectivity index (χ1n) is 12.7. The largest absolute Gasteiger partial charge is 0.488 e. The molecule has 0 spiro atoms. The lowest BCUT2D eigenvalue weighted by atomic mass is 9.96. The number of rotatable bonds is 8. The standard InChI is InChI=1S/C31H27ClN2O4S2/c1-4-37-30(36)27-19(2)33-31-34(28(27)20-13-15-23(39-3)16-14-20)29(35)26(40-31)17-21-9-6-8-12-25(21)38-18-22-10-5-7-11-24(22)32/h5-17,28H,4,18H2,1-3H3/b26-17-/t28-/m0/s1. The van der Waals surface area contributed by atoms with Crippen molar-refractivity contribution >= 4 is 46.7 Å². The molecule has 1 aliphatic heterocycles. The van der Waals surface area contributed by atoms with Gasteiger partial charge in [0, 0.05) is 21.0 Å². The first-order valence-corrected chi connectivity index (χ1v) is 15.1. The quantitative estimate of drug-likeness (QED) is 0.193. The minimum atomic E-state index is -0.653. The van der Waals surface area contributed by atoms with Crippen LogP contribution in [0.4, 0.5) is 0 Å². The average Bonchev–Trinajstić information content (AvgIpc) is 3.26. The summed E-state index contributed by atoms with van der Waals surface area (Å²) < 4.78 is 13.6. The van der Waals surface area contributed by atoms with Crippen LogP contribution in [0.2, 0.25) is 5.02 Å². The third-order valence-corrected chi connectivity index (χ3v) is 8.59. The Balaban J connectivity index is 1.60. The SMILES string of the molecule is CCOC(=O)C1=C(C)N=c2s/c(=C\c3ccccc3OCc3ccccc3Cl)c(=O)n2[C@H]1c1ccc(SC)cc1. The lowest BCUT2D eigenvalue weighted by molar-refractivity contribution is -0.139. The minimum Gasteiger partial charge on any atom is -0.488 e. The number of fused-ring (bicyclic) bond motifs is 1. The van der Waals surface area contributed by atoms with Crippen LogP contribution in [0, 0.1) is 0 Å². The number of benzene rings is 3. The van der Waals surface area contributed by atoms with Crippen molar-refractivity contribution in [3.63, 3.8) is 0 Å². The molecule has 204 valence electrons. The number of thioether (sulfide) groups is 1. The number of aromatic nitrogens is 1. The van der Waals surface area contributed by atoms with Crippen LogP contribution in [0.3, 0.4) is 0 Å². The van der Waals surface area contributed by atoms with Crippen molar-refractivity contribution in [3.8, 4) is 5.75 Å². The van der Waals surface area contributed by atoms with Crippen LogP contribution in [0.5, 0.6) is 5.75 Å². The van der Waals surface area contributed by atoms with Crippen molar-refractivity contribution in [3.05, 3.63) is 125 Å². The molecule has 0 aliphatic carbocycles. The third-order valence-electron chi connectivity index (χ3n) is 6.50. The molecule has 5 rings (SSSR count). The van der Waals surface area contributed by atoms with Crippen molar-refractivity contribution in [1.29, 1.82) is 0 Å². The van der Waals surface area contributed by atoms with Crippen LogP contribution in [0.1, 0.15) is 36.6 Å². The fourth-order valence-corrected chi connectivity index (χ4v) is 6.17. The number of thiazole rings is 1. The normalized spacial score (nSPS) is 15.0. The van der Waals surface area contributed by atoms with Gasteiger partial charge in [-0.15, -0.1) is 11.8 Å². The van der Waals surface area contributed by atoms with Gasteiger partial charge in [-0.2, -0.15) is 0 Å². The molecule has 1 aliphatic rings. The molecule has 0 bridgehead atoms. The Morgan fingerprint density at radius 2 is 1.82 bits per heavy atom. The molecule has 0 radical (unpaired) electrons. The summed E-state index contributed by atoms with van der Waals surface area (Å²) in [4.78, 5) is 33.3. The molecule has 4 aromatic rings. The van der Waals surface area contributed by atoms with E-state index >= 15 is 0 Å². The number of hydrogen-bond acceptors (Lipinski definition) is 7. The molecule has 0 N–H and O–H groups in total. The smallest absolute Gasteiger partial charge is 0.338 e. The molecule has 0 fully saturated rings. The van der Waals surface area contributed by atoms with Gasteiger partial charge in [-0.3, -0.25) is 9.36 Å². The van der Waals surface area contributed by atoms with E-state index in [-0.39, 0.29) is 12.2 Å². The molecule has 1 atom stereocenters. The van der Waals surface area contributed by atoms with Gasteiger partial charge in [-0.25, -0.2) is 9.79 Å². The highest BCUT2D eigenvalue weighted by molar-refractivity contribution is 7.98. The summed E-state index contributed by atoms with van der Waals surface area (Å²) in [6.07, 6.45) is 3.81. The van der Waals surface area contributed by atoms with Crippen molar-refractivity contribution in [2.45, 2.75) is 31.4 Å². The molecule has 1 aromatic heterocycles. The number of ether oxygens (including phenoxy) is 2. The van der Waals surface area contributed by atoms with Gasteiger partial charge in [0.05, 0.1) is 28.5 Å². The molecular formula is C31H27ClN2O4S2. The number of nitrogens with zero attached hydrogens (tertiary/aromatic N) is 2. The molecule has 0 unspecified atom stereocenters. The summed E-state index contributed by atoms with van der Waals surface area (Å²) in [5, 5.41) is 0.631. The predicted octanol–water partition coefficient (Wildman–Crippen LogP) is 5.75. The fourth-order valence-electron chi connectivity index (χ4n) is 4.54. The van der Waals surface area contributed by atoms with Gasteiger partial charge >= 0.3 is 5.97 Å². The summed E-state index contributed by atoms with van der Waals surface area (Å²) in [6.45, 7) is 4.06. The van der Waals surface area contributed by atoms with Gasteiger partial charge < -0.3 is 9.47 Å². The lowest BCUT2D eigenvalue weighted by Gasteiger charge is -2.24. The van der Waals surface area contributed by atoms with Crippen LogP contribution in [-0.4, -0.2) is 23.4 Å². The zero-order chi connectivity index (χ0) is 28.2. The van der Waals surface area contributed by atoms with E-state index in [4.69, 9.17) is 21.1 Å². The number of esters is 1. The number of carbonyl (C=O) groups excluding carboxylic acids is 1. The van der Waals surface area contributed by atoms with Gasteiger partial charge in [0.15, 0.2) is 4.80 Å². The average molecular weight is 591 g/mol. The highest BCUT2D eigenvalue weighted by Gasteiger charge is 2.33. The molecule has 40 heavy (non-hydrogen) atoms. The van der Waals surface area contributed by atoms with E-state index in [1.54, 1.807) is 30.2 Å². The topological polar surface area (TPSA) is 69.9 Å². The molecule has 3 aromatic carbocycles. The summed E-state index contributed by atoms with van der Waals surface area (Å²) in [5.74, 6) is 0.149. The van der Waals surface area contributed by atoms with Crippen LogP contribution < -0.4 is 19.6 Å². The van der Waals surface area contributed by atoms with E-state index in [9.17, 15) is 9.59 Å². The van der Waals surface area contributed by atoms with E-state index in [1.807, 2.05) is 85.1 Å². The van der Waals surface area contributed by atoms with E-state index in [1.165, 1.54) is 11.3 Å². The first-order chi connectivity index (χ1) is 19.4. The van der Waals surface area contributed by atoms with Crippen molar-refractivity contribution in [2.75, 3.05) is 12.9 Å². The molecule has 2 heterocycles. The Kier molecular flexibility index (Phi) is 8.59. The van der Waals surface area contributed by atoms with Crippen molar-refractivity contribution in [1.82, 2.24) is 4.57 Å².